The van der Waals surface area contributed by atoms with E-state index in [0.717, 1.165) is 41.9 Å². The van der Waals surface area contributed by atoms with Crippen LogP contribution in [0.15, 0.2) is 40.4 Å². The van der Waals surface area contributed by atoms with E-state index in [-0.39, 0.29) is 14.5 Å². The van der Waals surface area contributed by atoms with Crippen molar-refractivity contribution in [3.05, 3.63) is 45.6 Å². The maximum Gasteiger partial charge on any atom is 0.300 e. The molecular weight excluding hydrogens is 422 g/mol. The molecule has 0 radical (unpaired) electrons. The van der Waals surface area contributed by atoms with Gasteiger partial charge in [-0.1, -0.05) is 13.8 Å². The number of nitro groups is 1. The van der Waals surface area contributed by atoms with Crippen molar-refractivity contribution in [3.63, 3.8) is 0 Å². The smallest absolute Gasteiger partial charge is 0.300 e. The third kappa shape index (κ3) is 5.59. The summed E-state index contributed by atoms with van der Waals surface area (Å²) in [7, 11) is 1.63. The fourth-order valence-electron chi connectivity index (χ4n) is 3.27. The Labute approximate surface area is 185 Å². The van der Waals surface area contributed by atoms with E-state index in [1.165, 1.54) is 11.8 Å². The van der Waals surface area contributed by atoms with E-state index in [0.29, 0.717) is 24.5 Å². The molecule has 0 bridgehead atoms. The van der Waals surface area contributed by atoms with Crippen molar-refractivity contribution in [1.82, 2.24) is 9.88 Å². The Morgan fingerprint density at radius 2 is 2.13 bits per heavy atom. The van der Waals surface area contributed by atoms with Crippen molar-refractivity contribution >= 4 is 34.4 Å². The van der Waals surface area contributed by atoms with Crippen LogP contribution in [0.4, 0.5) is 0 Å². The lowest BCUT2D eigenvalue weighted by molar-refractivity contribution is -0.410. The summed E-state index contributed by atoms with van der Waals surface area (Å²) in [4.78, 5) is 18.6. The zero-order valence-electron chi connectivity index (χ0n) is 17.5. The number of thioether (sulfide) groups is 2. The first kappa shape index (κ1) is 22.7. The molecule has 1 atom stereocenters. The first-order chi connectivity index (χ1) is 14.5. The molecule has 9 heteroatoms. The van der Waals surface area contributed by atoms with E-state index in [2.05, 4.69) is 23.7 Å². The van der Waals surface area contributed by atoms with Crippen LogP contribution in [0.5, 0.6) is 11.5 Å². The normalized spacial score (nSPS) is 16.1. The fourth-order valence-corrected chi connectivity index (χ4v) is 5.72. The molecule has 1 aliphatic heterocycles. The Bertz CT molecular complexity index is 919. The standard InChI is InChI=1S/C21H27N3O4S2/c1-4-23(5-2)11-6-12-28-18-14-16-15(13-17(18)27-3)19(9-10-22-16)29-21-8-7-20(30-21)24(25)26/h7,9-10,13-14,21H,4-6,8,11-12H2,1-3H3. The van der Waals surface area contributed by atoms with Crippen molar-refractivity contribution in [2.75, 3.05) is 33.4 Å². The molecule has 162 valence electrons. The highest BCUT2D eigenvalue weighted by molar-refractivity contribution is 8.19. The zero-order valence-corrected chi connectivity index (χ0v) is 19.1. The molecule has 0 fully saturated rings. The number of aromatic nitrogens is 1. The summed E-state index contributed by atoms with van der Waals surface area (Å²) in [5, 5.41) is 12.2. The Balaban J connectivity index is 1.72. The highest BCUT2D eigenvalue weighted by Crippen LogP contribution is 2.45. The monoisotopic (exact) mass is 449 g/mol. The number of allylic oxidation sites excluding steroid dienone is 1. The van der Waals surface area contributed by atoms with Gasteiger partial charge in [0, 0.05) is 35.2 Å². The Morgan fingerprint density at radius 3 is 2.80 bits per heavy atom. The number of hydrogen-bond donors (Lipinski definition) is 0. The quantitative estimate of drug-likeness (QED) is 0.269. The van der Waals surface area contributed by atoms with Crippen LogP contribution in [0.1, 0.15) is 26.7 Å². The lowest BCUT2D eigenvalue weighted by Crippen LogP contribution is -2.25. The molecule has 1 aromatic carbocycles. The van der Waals surface area contributed by atoms with Crippen LogP contribution in [0.25, 0.3) is 10.9 Å². The average molecular weight is 450 g/mol. The number of rotatable bonds is 11. The van der Waals surface area contributed by atoms with Gasteiger partial charge >= 0.3 is 0 Å². The number of fused-ring (bicyclic) bond motifs is 1. The first-order valence-corrected chi connectivity index (χ1v) is 11.8. The number of benzene rings is 1. The second-order valence-corrected chi connectivity index (χ2v) is 9.52. The summed E-state index contributed by atoms with van der Waals surface area (Å²) in [5.74, 6) is 1.36. The molecule has 0 N–H and O–H groups in total. The molecule has 30 heavy (non-hydrogen) atoms. The van der Waals surface area contributed by atoms with E-state index in [9.17, 15) is 10.1 Å². The molecule has 2 heterocycles. The predicted molar refractivity (Wildman–Crippen MR) is 123 cm³/mol. The van der Waals surface area contributed by atoms with Crippen LogP contribution < -0.4 is 9.47 Å². The molecule has 0 saturated carbocycles. The minimum atomic E-state index is -0.317. The Morgan fingerprint density at radius 1 is 1.33 bits per heavy atom. The van der Waals surface area contributed by atoms with Gasteiger partial charge in [0.1, 0.15) is 0 Å². The van der Waals surface area contributed by atoms with E-state index < -0.39 is 0 Å². The largest absolute Gasteiger partial charge is 0.493 e. The van der Waals surface area contributed by atoms with Crippen molar-refractivity contribution in [3.8, 4) is 11.5 Å². The van der Waals surface area contributed by atoms with E-state index >= 15 is 0 Å². The van der Waals surface area contributed by atoms with E-state index in [1.54, 1.807) is 31.1 Å². The van der Waals surface area contributed by atoms with E-state index in [1.807, 2.05) is 18.2 Å². The minimum absolute atomic E-state index is 0.0815. The number of pyridine rings is 1. The highest BCUT2D eigenvalue weighted by Gasteiger charge is 2.27. The van der Waals surface area contributed by atoms with Gasteiger partial charge in [-0.2, -0.15) is 0 Å². The highest BCUT2D eigenvalue weighted by atomic mass is 32.2. The minimum Gasteiger partial charge on any atom is -0.493 e. The van der Waals surface area contributed by atoms with Gasteiger partial charge in [-0.05, 0) is 49.8 Å². The topological polar surface area (TPSA) is 77.7 Å². The van der Waals surface area contributed by atoms with Crippen LogP contribution in [-0.2, 0) is 0 Å². The maximum absolute atomic E-state index is 11.0. The number of nitrogens with zero attached hydrogens (tertiary/aromatic N) is 3. The molecule has 2 aromatic rings. The van der Waals surface area contributed by atoms with Crippen LogP contribution in [-0.4, -0.2) is 52.7 Å². The Hall–Kier alpha value is -1.97. The van der Waals surface area contributed by atoms with Crippen LogP contribution >= 0.6 is 23.5 Å². The Kier molecular flexibility index (Phi) is 8.24. The lowest BCUT2D eigenvalue weighted by Gasteiger charge is -2.18. The number of methoxy groups -OCH3 is 1. The van der Waals surface area contributed by atoms with Crippen molar-refractivity contribution in [2.45, 2.75) is 36.2 Å². The van der Waals surface area contributed by atoms with Crippen LogP contribution in [0.2, 0.25) is 0 Å². The van der Waals surface area contributed by atoms with Crippen molar-refractivity contribution < 1.29 is 14.4 Å². The molecule has 1 aromatic heterocycles. The van der Waals surface area contributed by atoms with Gasteiger partial charge in [0.05, 0.1) is 28.7 Å². The second kappa shape index (κ2) is 10.9. The van der Waals surface area contributed by atoms with Gasteiger partial charge in [0.2, 0.25) is 0 Å². The average Bonchev–Trinajstić information content (AvgIpc) is 3.22. The third-order valence-electron chi connectivity index (χ3n) is 4.93. The first-order valence-electron chi connectivity index (χ1n) is 10.1. The summed E-state index contributed by atoms with van der Waals surface area (Å²) in [6, 6.07) is 5.81. The molecule has 7 nitrogen and oxygen atoms in total. The number of hydrogen-bond acceptors (Lipinski definition) is 8. The SMILES string of the molecule is CCN(CC)CCCOc1cc2nccc(SC3CC=C([N+](=O)[O-])S3)c2cc1OC. The summed E-state index contributed by atoms with van der Waals surface area (Å²) >= 11 is 2.92. The number of ether oxygens (including phenoxy) is 2. The maximum atomic E-state index is 11.0. The summed E-state index contributed by atoms with van der Waals surface area (Å²) in [5.41, 5.74) is 0.824. The van der Waals surface area contributed by atoms with Gasteiger partial charge in [0.25, 0.3) is 5.03 Å². The van der Waals surface area contributed by atoms with Crippen LogP contribution in [0.3, 0.4) is 0 Å². The third-order valence-corrected chi connectivity index (χ3v) is 7.59. The molecule has 0 aliphatic carbocycles. The van der Waals surface area contributed by atoms with Gasteiger partial charge in [0.15, 0.2) is 11.5 Å². The summed E-state index contributed by atoms with van der Waals surface area (Å²) in [6.07, 6.45) is 5.07. The fraction of sp³-hybridized carbons (Fsp3) is 0.476. The molecule has 0 amide bonds. The molecule has 1 aliphatic rings. The molecule has 1 unspecified atom stereocenters. The van der Waals surface area contributed by atoms with Crippen LogP contribution in [0, 0.1) is 10.1 Å². The summed E-state index contributed by atoms with van der Waals surface area (Å²) < 4.78 is 11.7. The second-order valence-electron chi connectivity index (χ2n) is 6.76. The summed E-state index contributed by atoms with van der Waals surface area (Å²) in [6.45, 7) is 8.02. The van der Waals surface area contributed by atoms with Gasteiger partial charge in [-0.15, -0.1) is 11.8 Å². The van der Waals surface area contributed by atoms with E-state index in [4.69, 9.17) is 9.47 Å². The predicted octanol–water partition coefficient (Wildman–Crippen LogP) is 5.03. The molecule has 0 saturated heterocycles. The van der Waals surface area contributed by atoms with Gasteiger partial charge in [-0.25, -0.2) is 0 Å². The van der Waals surface area contributed by atoms with Crippen molar-refractivity contribution in [2.24, 2.45) is 0 Å². The van der Waals surface area contributed by atoms with Crippen molar-refractivity contribution in [1.29, 1.82) is 0 Å². The zero-order chi connectivity index (χ0) is 21.5. The molecular formula is C21H27N3O4S2. The lowest BCUT2D eigenvalue weighted by atomic mass is 10.2. The van der Waals surface area contributed by atoms with Gasteiger partial charge in [-0.3, -0.25) is 15.1 Å². The molecule has 0 spiro atoms. The molecule has 3 rings (SSSR count). The van der Waals surface area contributed by atoms with Gasteiger partial charge < -0.3 is 14.4 Å².